The van der Waals surface area contributed by atoms with Crippen LogP contribution in [0.3, 0.4) is 0 Å². The van der Waals surface area contributed by atoms with Crippen molar-refractivity contribution >= 4 is 5.97 Å². The van der Waals surface area contributed by atoms with Crippen LogP contribution in [-0.4, -0.2) is 18.2 Å². The van der Waals surface area contributed by atoms with E-state index in [9.17, 15) is 4.79 Å². The van der Waals surface area contributed by atoms with E-state index in [4.69, 9.17) is 9.84 Å². The maximum absolute atomic E-state index is 11.1. The van der Waals surface area contributed by atoms with E-state index in [0.717, 1.165) is 24.2 Å². The average Bonchev–Trinajstić information content (AvgIpc) is 2.89. The van der Waals surface area contributed by atoms with Gasteiger partial charge in [0.2, 0.25) is 0 Å². The van der Waals surface area contributed by atoms with Crippen molar-refractivity contribution in [1.82, 2.24) is 0 Å². The Morgan fingerprint density at radius 3 is 2.78 bits per heavy atom. The van der Waals surface area contributed by atoms with E-state index >= 15 is 0 Å². The maximum Gasteiger partial charge on any atom is 0.303 e. The van der Waals surface area contributed by atoms with Crippen molar-refractivity contribution in [1.29, 1.82) is 0 Å². The molecule has 1 aromatic carbocycles. The van der Waals surface area contributed by atoms with E-state index in [1.807, 2.05) is 24.3 Å². The van der Waals surface area contributed by atoms with E-state index in [-0.39, 0.29) is 12.3 Å². The summed E-state index contributed by atoms with van der Waals surface area (Å²) < 4.78 is 5.23. The normalized spacial score (nSPS) is 17.6. The van der Waals surface area contributed by atoms with E-state index < -0.39 is 5.97 Å². The molecule has 18 heavy (non-hydrogen) atoms. The van der Waals surface area contributed by atoms with Crippen molar-refractivity contribution in [3.05, 3.63) is 29.8 Å². The topological polar surface area (TPSA) is 46.5 Å². The molecule has 2 rings (SSSR count). The van der Waals surface area contributed by atoms with Gasteiger partial charge < -0.3 is 9.84 Å². The SMILES string of the molecule is COc1cccc(C(CC(=O)O)C2CCCC2)c1. The number of hydrogen-bond acceptors (Lipinski definition) is 2. The van der Waals surface area contributed by atoms with Gasteiger partial charge in [-0.15, -0.1) is 0 Å². The van der Waals surface area contributed by atoms with Crippen LogP contribution < -0.4 is 4.74 Å². The van der Waals surface area contributed by atoms with Gasteiger partial charge in [-0.05, 0) is 42.4 Å². The molecule has 3 heteroatoms. The van der Waals surface area contributed by atoms with Crippen molar-refractivity contribution in [2.24, 2.45) is 5.92 Å². The van der Waals surface area contributed by atoms with Crippen LogP contribution in [0.2, 0.25) is 0 Å². The molecule has 0 saturated heterocycles. The molecular weight excluding hydrogens is 228 g/mol. The minimum atomic E-state index is -0.713. The fraction of sp³-hybridized carbons (Fsp3) is 0.533. The molecule has 0 radical (unpaired) electrons. The molecule has 1 aliphatic rings. The zero-order valence-corrected chi connectivity index (χ0v) is 10.8. The van der Waals surface area contributed by atoms with Crippen molar-refractivity contribution in [3.63, 3.8) is 0 Å². The standard InChI is InChI=1S/C15H20O3/c1-18-13-8-4-7-12(9-13)14(10-15(16)17)11-5-2-3-6-11/h4,7-9,11,14H,2-3,5-6,10H2,1H3,(H,16,17). The minimum Gasteiger partial charge on any atom is -0.497 e. The van der Waals surface area contributed by atoms with Gasteiger partial charge >= 0.3 is 5.97 Å². The summed E-state index contributed by atoms with van der Waals surface area (Å²) in [7, 11) is 1.64. The quantitative estimate of drug-likeness (QED) is 0.868. The molecule has 1 N–H and O–H groups in total. The molecule has 1 unspecified atom stereocenters. The van der Waals surface area contributed by atoms with Gasteiger partial charge in [-0.1, -0.05) is 25.0 Å². The van der Waals surface area contributed by atoms with E-state index in [2.05, 4.69) is 0 Å². The lowest BCUT2D eigenvalue weighted by Crippen LogP contribution is -2.14. The van der Waals surface area contributed by atoms with Gasteiger partial charge in [-0.2, -0.15) is 0 Å². The number of carboxylic acid groups (broad SMARTS) is 1. The van der Waals surface area contributed by atoms with Gasteiger partial charge in [-0.25, -0.2) is 0 Å². The van der Waals surface area contributed by atoms with Crippen LogP contribution in [0.4, 0.5) is 0 Å². The fourth-order valence-electron chi connectivity index (χ4n) is 2.98. The van der Waals surface area contributed by atoms with Crippen molar-refractivity contribution in [2.45, 2.75) is 38.0 Å². The minimum absolute atomic E-state index is 0.125. The van der Waals surface area contributed by atoms with E-state index in [0.29, 0.717) is 5.92 Å². The summed E-state index contributed by atoms with van der Waals surface area (Å²) >= 11 is 0. The molecule has 1 atom stereocenters. The zero-order chi connectivity index (χ0) is 13.0. The molecule has 1 saturated carbocycles. The lowest BCUT2D eigenvalue weighted by molar-refractivity contribution is -0.137. The number of carbonyl (C=O) groups is 1. The number of aliphatic carboxylic acids is 1. The third-order valence-corrected chi connectivity index (χ3v) is 3.89. The van der Waals surface area contributed by atoms with Crippen LogP contribution >= 0.6 is 0 Å². The Morgan fingerprint density at radius 1 is 1.44 bits per heavy atom. The average molecular weight is 248 g/mol. The number of benzene rings is 1. The van der Waals surface area contributed by atoms with E-state index in [1.54, 1.807) is 7.11 Å². The lowest BCUT2D eigenvalue weighted by atomic mass is 9.82. The first-order valence-electron chi connectivity index (χ1n) is 6.56. The van der Waals surface area contributed by atoms with Crippen LogP contribution in [0.15, 0.2) is 24.3 Å². The first-order chi connectivity index (χ1) is 8.70. The molecule has 0 aromatic heterocycles. The Hall–Kier alpha value is -1.51. The Labute approximate surface area is 108 Å². The van der Waals surface area contributed by atoms with Gasteiger partial charge in [-0.3, -0.25) is 4.79 Å². The third-order valence-electron chi connectivity index (χ3n) is 3.89. The zero-order valence-electron chi connectivity index (χ0n) is 10.8. The second-order valence-electron chi connectivity index (χ2n) is 5.03. The van der Waals surface area contributed by atoms with Gasteiger partial charge in [0.05, 0.1) is 13.5 Å². The molecule has 0 spiro atoms. The molecule has 0 heterocycles. The van der Waals surface area contributed by atoms with Crippen molar-refractivity contribution in [3.8, 4) is 5.75 Å². The maximum atomic E-state index is 11.1. The Kier molecular flexibility index (Phi) is 4.24. The second kappa shape index (κ2) is 5.89. The Bertz CT molecular complexity index is 408. The van der Waals surface area contributed by atoms with Gasteiger partial charge in [0.15, 0.2) is 0 Å². The molecule has 0 aliphatic heterocycles. The summed E-state index contributed by atoms with van der Waals surface area (Å²) in [5.41, 5.74) is 1.10. The molecule has 1 fully saturated rings. The van der Waals surface area contributed by atoms with Gasteiger partial charge in [0.25, 0.3) is 0 Å². The highest BCUT2D eigenvalue weighted by Crippen LogP contribution is 2.40. The molecule has 0 amide bonds. The van der Waals surface area contributed by atoms with Crippen LogP contribution in [0.1, 0.15) is 43.6 Å². The van der Waals surface area contributed by atoms with Crippen molar-refractivity contribution in [2.75, 3.05) is 7.11 Å². The smallest absolute Gasteiger partial charge is 0.303 e. The highest BCUT2D eigenvalue weighted by molar-refractivity contribution is 5.68. The lowest BCUT2D eigenvalue weighted by Gasteiger charge is -2.22. The summed E-state index contributed by atoms with van der Waals surface area (Å²) in [5, 5.41) is 9.10. The number of rotatable bonds is 5. The highest BCUT2D eigenvalue weighted by atomic mass is 16.5. The predicted octanol–water partition coefficient (Wildman–Crippen LogP) is 3.44. The molecule has 1 aliphatic carbocycles. The predicted molar refractivity (Wildman–Crippen MR) is 69.9 cm³/mol. The number of ether oxygens (including phenoxy) is 1. The molecule has 1 aromatic rings. The Balaban J connectivity index is 2.23. The summed E-state index contributed by atoms with van der Waals surface area (Å²) in [6.07, 6.45) is 4.97. The monoisotopic (exact) mass is 248 g/mol. The van der Waals surface area contributed by atoms with Crippen molar-refractivity contribution < 1.29 is 14.6 Å². The van der Waals surface area contributed by atoms with Crippen LogP contribution in [-0.2, 0) is 4.79 Å². The first-order valence-corrected chi connectivity index (χ1v) is 6.56. The number of hydrogen-bond donors (Lipinski definition) is 1. The molecular formula is C15H20O3. The number of methoxy groups -OCH3 is 1. The summed E-state index contributed by atoms with van der Waals surface area (Å²) in [5.74, 6) is 0.726. The third kappa shape index (κ3) is 3.03. The second-order valence-corrected chi connectivity index (χ2v) is 5.03. The number of carboxylic acids is 1. The van der Waals surface area contributed by atoms with Crippen LogP contribution in [0.25, 0.3) is 0 Å². The summed E-state index contributed by atoms with van der Waals surface area (Å²) in [6, 6.07) is 7.84. The van der Waals surface area contributed by atoms with Crippen LogP contribution in [0.5, 0.6) is 5.75 Å². The Morgan fingerprint density at radius 2 is 2.17 bits per heavy atom. The van der Waals surface area contributed by atoms with Gasteiger partial charge in [0, 0.05) is 0 Å². The molecule has 0 bridgehead atoms. The molecule has 3 nitrogen and oxygen atoms in total. The highest BCUT2D eigenvalue weighted by Gasteiger charge is 2.28. The largest absolute Gasteiger partial charge is 0.497 e. The first kappa shape index (κ1) is 12.9. The fourth-order valence-corrected chi connectivity index (χ4v) is 2.98. The summed E-state index contributed by atoms with van der Waals surface area (Å²) in [6.45, 7) is 0. The van der Waals surface area contributed by atoms with E-state index in [1.165, 1.54) is 12.8 Å². The van der Waals surface area contributed by atoms with Gasteiger partial charge in [0.1, 0.15) is 5.75 Å². The molecule has 98 valence electrons. The van der Waals surface area contributed by atoms with Crippen LogP contribution in [0, 0.1) is 5.92 Å². The summed E-state index contributed by atoms with van der Waals surface area (Å²) in [4.78, 5) is 11.1.